The van der Waals surface area contributed by atoms with Gasteiger partial charge in [-0.15, -0.1) is 0 Å². The summed E-state index contributed by atoms with van der Waals surface area (Å²) >= 11 is 5.79. The van der Waals surface area contributed by atoms with Crippen molar-refractivity contribution in [3.05, 3.63) is 84.2 Å². The highest BCUT2D eigenvalue weighted by molar-refractivity contribution is 7.80. The van der Waals surface area contributed by atoms with Gasteiger partial charge >= 0.3 is 0 Å². The van der Waals surface area contributed by atoms with Crippen LogP contribution in [0.5, 0.6) is 0 Å². The highest BCUT2D eigenvalue weighted by atomic mass is 32.1. The molecule has 3 aromatic rings. The molecule has 0 spiro atoms. The lowest BCUT2D eigenvalue weighted by molar-refractivity contribution is 0.0365. The second-order valence-electron chi connectivity index (χ2n) is 8.38. The van der Waals surface area contributed by atoms with Crippen LogP contribution in [0, 0.1) is 5.82 Å². The molecule has 2 saturated heterocycles. The fourth-order valence-electron chi connectivity index (χ4n) is 4.76. The normalized spacial score (nSPS) is 21.4. The van der Waals surface area contributed by atoms with Gasteiger partial charge in [-0.2, -0.15) is 0 Å². The number of benzene rings is 1. The van der Waals surface area contributed by atoms with Crippen LogP contribution < -0.4 is 5.32 Å². The van der Waals surface area contributed by atoms with E-state index in [-0.39, 0.29) is 17.9 Å². The number of morpholine rings is 1. The number of hydrogen-bond acceptors (Lipinski definition) is 4. The van der Waals surface area contributed by atoms with Gasteiger partial charge in [0.25, 0.3) is 0 Å². The third kappa shape index (κ3) is 4.64. The van der Waals surface area contributed by atoms with Gasteiger partial charge in [0.15, 0.2) is 5.11 Å². The minimum absolute atomic E-state index is 0.105. The van der Waals surface area contributed by atoms with Crippen LogP contribution >= 0.6 is 12.2 Å². The number of halogens is 1. The summed E-state index contributed by atoms with van der Waals surface area (Å²) in [5, 5.41) is 4.20. The van der Waals surface area contributed by atoms with Crippen molar-refractivity contribution < 1.29 is 9.13 Å². The van der Waals surface area contributed by atoms with Gasteiger partial charge in [-0.05, 0) is 55.0 Å². The third-order valence-corrected chi connectivity index (χ3v) is 6.72. The number of nitrogens with one attached hydrogen (secondary N) is 1. The van der Waals surface area contributed by atoms with Gasteiger partial charge in [-0.25, -0.2) is 4.39 Å². The van der Waals surface area contributed by atoms with Crippen molar-refractivity contribution in [1.82, 2.24) is 24.7 Å². The van der Waals surface area contributed by atoms with E-state index in [1.165, 1.54) is 6.07 Å². The molecule has 0 amide bonds. The maximum atomic E-state index is 14.7. The fraction of sp³-hybridized carbons (Fsp3) is 0.360. The summed E-state index contributed by atoms with van der Waals surface area (Å²) in [4.78, 5) is 9.28. The van der Waals surface area contributed by atoms with Crippen molar-refractivity contribution in [2.75, 3.05) is 39.4 Å². The van der Waals surface area contributed by atoms with Crippen molar-refractivity contribution in [2.45, 2.75) is 18.5 Å². The van der Waals surface area contributed by atoms with Crippen LogP contribution in [0.3, 0.4) is 0 Å². The Hall–Kier alpha value is -2.81. The topological polar surface area (TPSA) is 45.6 Å². The monoisotopic (exact) mass is 465 g/mol. The molecule has 1 aromatic carbocycles. The summed E-state index contributed by atoms with van der Waals surface area (Å²) in [6.07, 6.45) is 4.69. The van der Waals surface area contributed by atoms with E-state index in [0.29, 0.717) is 10.8 Å². The Bertz CT molecular complexity index is 1090. The molecule has 0 radical (unpaired) electrons. The SMILES string of the molecule is Fc1ccccc1-n1cccc1[C@H]1[C@@H](c2ccccn2)NC(=S)N1CCCN1CCOCC1. The molecule has 2 aliphatic rings. The van der Waals surface area contributed by atoms with Gasteiger partial charge in [0.1, 0.15) is 5.82 Å². The molecule has 5 rings (SSSR count). The minimum Gasteiger partial charge on any atom is -0.379 e. The zero-order chi connectivity index (χ0) is 22.6. The Morgan fingerprint density at radius 1 is 1.03 bits per heavy atom. The summed E-state index contributed by atoms with van der Waals surface area (Å²) < 4.78 is 22.1. The molecular formula is C25H28FN5OS. The van der Waals surface area contributed by atoms with Gasteiger partial charge in [0.05, 0.1) is 36.7 Å². The first-order valence-corrected chi connectivity index (χ1v) is 11.8. The molecule has 172 valence electrons. The average Bonchev–Trinajstić information content (AvgIpc) is 3.45. The smallest absolute Gasteiger partial charge is 0.170 e. The Kier molecular flexibility index (Phi) is 6.66. The summed E-state index contributed by atoms with van der Waals surface area (Å²) in [5.74, 6) is -0.253. The highest BCUT2D eigenvalue weighted by Crippen LogP contribution is 2.39. The van der Waals surface area contributed by atoms with Crippen LogP contribution in [0.1, 0.15) is 29.9 Å². The van der Waals surface area contributed by atoms with Gasteiger partial charge in [-0.3, -0.25) is 9.88 Å². The number of hydrogen-bond donors (Lipinski definition) is 1. The van der Waals surface area contributed by atoms with E-state index in [0.717, 1.165) is 57.2 Å². The van der Waals surface area contributed by atoms with Crippen LogP contribution in [0.2, 0.25) is 0 Å². The van der Waals surface area contributed by atoms with E-state index in [9.17, 15) is 4.39 Å². The molecule has 0 aliphatic carbocycles. The van der Waals surface area contributed by atoms with E-state index in [1.807, 2.05) is 41.1 Å². The van der Waals surface area contributed by atoms with E-state index in [1.54, 1.807) is 18.3 Å². The molecule has 0 saturated carbocycles. The number of thiocarbonyl (C=S) groups is 1. The van der Waals surface area contributed by atoms with E-state index in [4.69, 9.17) is 17.0 Å². The average molecular weight is 466 g/mol. The Morgan fingerprint density at radius 2 is 1.85 bits per heavy atom. The maximum absolute atomic E-state index is 14.7. The first-order chi connectivity index (χ1) is 16.2. The highest BCUT2D eigenvalue weighted by Gasteiger charge is 2.41. The van der Waals surface area contributed by atoms with Crippen LogP contribution in [-0.4, -0.2) is 63.9 Å². The summed E-state index contributed by atoms with van der Waals surface area (Å²) in [6, 6.07) is 16.6. The van der Waals surface area contributed by atoms with E-state index >= 15 is 0 Å². The third-order valence-electron chi connectivity index (χ3n) is 6.37. The van der Waals surface area contributed by atoms with Crippen molar-refractivity contribution in [2.24, 2.45) is 0 Å². The molecule has 0 unspecified atom stereocenters. The number of para-hydroxylation sites is 1. The zero-order valence-electron chi connectivity index (χ0n) is 18.4. The van der Waals surface area contributed by atoms with Gasteiger partial charge in [0.2, 0.25) is 0 Å². The van der Waals surface area contributed by atoms with Crippen molar-refractivity contribution in [1.29, 1.82) is 0 Å². The second-order valence-corrected chi connectivity index (χ2v) is 8.77. The van der Waals surface area contributed by atoms with Crippen molar-refractivity contribution in [3.63, 3.8) is 0 Å². The molecule has 2 aromatic heterocycles. The van der Waals surface area contributed by atoms with E-state index in [2.05, 4.69) is 26.2 Å². The van der Waals surface area contributed by atoms with Crippen molar-refractivity contribution in [3.8, 4) is 5.69 Å². The van der Waals surface area contributed by atoms with Crippen LogP contribution in [-0.2, 0) is 4.74 Å². The fourth-order valence-corrected chi connectivity index (χ4v) is 5.09. The van der Waals surface area contributed by atoms with Crippen LogP contribution in [0.25, 0.3) is 5.69 Å². The summed E-state index contributed by atoms with van der Waals surface area (Å²) in [6.45, 7) is 5.34. The molecule has 2 atom stereocenters. The number of pyridine rings is 1. The molecule has 0 bridgehead atoms. The molecule has 2 aliphatic heterocycles. The van der Waals surface area contributed by atoms with Crippen LogP contribution in [0.15, 0.2) is 67.0 Å². The maximum Gasteiger partial charge on any atom is 0.170 e. The first-order valence-electron chi connectivity index (χ1n) is 11.4. The molecule has 1 N–H and O–H groups in total. The molecule has 33 heavy (non-hydrogen) atoms. The predicted octanol–water partition coefficient (Wildman–Crippen LogP) is 3.71. The summed E-state index contributed by atoms with van der Waals surface area (Å²) in [7, 11) is 0. The van der Waals surface area contributed by atoms with Gasteiger partial charge in [0, 0.05) is 44.3 Å². The Morgan fingerprint density at radius 3 is 2.64 bits per heavy atom. The molecular weight excluding hydrogens is 437 g/mol. The molecule has 6 nitrogen and oxygen atoms in total. The largest absolute Gasteiger partial charge is 0.379 e. The lowest BCUT2D eigenvalue weighted by Gasteiger charge is -2.31. The molecule has 8 heteroatoms. The second kappa shape index (κ2) is 9.99. The lowest BCUT2D eigenvalue weighted by atomic mass is 10.0. The van der Waals surface area contributed by atoms with Gasteiger partial charge < -0.3 is 19.5 Å². The van der Waals surface area contributed by atoms with E-state index < -0.39 is 0 Å². The van der Waals surface area contributed by atoms with Crippen LogP contribution in [0.4, 0.5) is 4.39 Å². The Balaban J connectivity index is 1.45. The number of rotatable bonds is 7. The Labute approximate surface area is 199 Å². The standard InChI is InChI=1S/C25H28FN5OS/c26-19-7-1-2-9-21(19)30-13-5-10-22(30)24-23(20-8-3-4-11-27-20)28-25(33)31(24)14-6-12-29-15-17-32-18-16-29/h1-5,7-11,13,23-24H,6,12,14-18H2,(H,28,33)/t23-,24+/m1/s1. The first kappa shape index (κ1) is 22.0. The lowest BCUT2D eigenvalue weighted by Crippen LogP contribution is -2.39. The molecule has 4 heterocycles. The van der Waals surface area contributed by atoms with Gasteiger partial charge in [-0.1, -0.05) is 18.2 Å². The number of nitrogens with zero attached hydrogens (tertiary/aromatic N) is 4. The minimum atomic E-state index is -0.253. The zero-order valence-corrected chi connectivity index (χ0v) is 19.3. The summed E-state index contributed by atoms with van der Waals surface area (Å²) in [5.41, 5.74) is 2.43. The van der Waals surface area contributed by atoms with Crippen molar-refractivity contribution >= 4 is 17.3 Å². The number of ether oxygens (including phenoxy) is 1. The number of aromatic nitrogens is 2. The predicted molar refractivity (Wildman–Crippen MR) is 130 cm³/mol. The quantitative estimate of drug-likeness (QED) is 0.537. The molecule has 2 fully saturated rings.